The molecule has 0 amide bonds. The van der Waals surface area contributed by atoms with E-state index in [1.807, 2.05) is 6.07 Å². The summed E-state index contributed by atoms with van der Waals surface area (Å²) in [5.41, 5.74) is 7.89. The van der Waals surface area contributed by atoms with Gasteiger partial charge in [-0.15, -0.1) is 0 Å². The molecule has 0 aliphatic carbocycles. The van der Waals surface area contributed by atoms with E-state index in [-0.39, 0.29) is 0 Å². The molecule has 0 fully saturated rings. The Morgan fingerprint density at radius 1 is 1.44 bits per heavy atom. The predicted molar refractivity (Wildman–Crippen MR) is 63.0 cm³/mol. The Labute approximate surface area is 94.4 Å². The smallest absolute Gasteiger partial charge is 0.221 e. The number of aromatic nitrogens is 1. The van der Waals surface area contributed by atoms with Crippen LogP contribution in [0, 0.1) is 0 Å². The van der Waals surface area contributed by atoms with Crippen molar-refractivity contribution in [2.75, 3.05) is 12.3 Å². The van der Waals surface area contributed by atoms with Gasteiger partial charge in [-0.25, -0.2) is 4.98 Å². The number of fused-ring (bicyclic) bond motifs is 1. The van der Waals surface area contributed by atoms with E-state index in [0.717, 1.165) is 30.5 Å². The van der Waals surface area contributed by atoms with Crippen molar-refractivity contribution >= 4 is 16.8 Å². The fourth-order valence-electron chi connectivity index (χ4n) is 1.46. The first-order valence-electron chi connectivity index (χ1n) is 5.52. The number of unbranched alkanes of at least 4 members (excludes halogenated alkanes) is 1. The minimum absolute atomic E-state index is 0.425. The molecule has 1 aromatic carbocycles. The average Bonchev–Trinajstić information content (AvgIpc) is 2.66. The maximum Gasteiger partial charge on any atom is 0.221 e. The molecule has 0 saturated heterocycles. The van der Waals surface area contributed by atoms with E-state index >= 15 is 0 Å². The van der Waals surface area contributed by atoms with Gasteiger partial charge < -0.3 is 14.9 Å². The number of ether oxygens (including phenoxy) is 1. The lowest BCUT2D eigenvalue weighted by Gasteiger charge is -1.98. The van der Waals surface area contributed by atoms with Crippen molar-refractivity contribution < 1.29 is 9.15 Å². The molecule has 0 spiro atoms. The third kappa shape index (κ3) is 2.52. The molecule has 0 aliphatic heterocycles. The highest BCUT2D eigenvalue weighted by molar-refractivity contribution is 5.76. The summed E-state index contributed by atoms with van der Waals surface area (Å²) in [6, 6.07) is 5.43. The standard InChI is InChI=1S/C12H16N2O2/c1-2-3-6-15-8-12-14-10-7-9(13)4-5-11(10)16-12/h4-5,7H,2-3,6,8,13H2,1H3. The molecular weight excluding hydrogens is 204 g/mol. The van der Waals surface area contributed by atoms with Crippen LogP contribution >= 0.6 is 0 Å². The molecule has 0 radical (unpaired) electrons. The Hall–Kier alpha value is -1.55. The molecule has 0 aliphatic rings. The molecule has 0 atom stereocenters. The molecule has 2 rings (SSSR count). The minimum atomic E-state index is 0.425. The van der Waals surface area contributed by atoms with E-state index in [2.05, 4.69) is 11.9 Å². The first-order valence-corrected chi connectivity index (χ1v) is 5.52. The van der Waals surface area contributed by atoms with E-state index in [1.165, 1.54) is 0 Å². The highest BCUT2D eigenvalue weighted by Gasteiger charge is 2.05. The summed E-state index contributed by atoms with van der Waals surface area (Å²) in [6.07, 6.45) is 2.19. The van der Waals surface area contributed by atoms with E-state index in [9.17, 15) is 0 Å². The second-order valence-corrected chi connectivity index (χ2v) is 3.74. The lowest BCUT2D eigenvalue weighted by molar-refractivity contribution is 0.101. The van der Waals surface area contributed by atoms with Gasteiger partial charge in [0.05, 0.1) is 0 Å². The van der Waals surface area contributed by atoms with Gasteiger partial charge in [0.15, 0.2) is 5.58 Å². The van der Waals surface area contributed by atoms with Gasteiger partial charge in [0.2, 0.25) is 5.89 Å². The van der Waals surface area contributed by atoms with Gasteiger partial charge in [-0.1, -0.05) is 13.3 Å². The van der Waals surface area contributed by atoms with Gasteiger partial charge in [0, 0.05) is 12.3 Å². The van der Waals surface area contributed by atoms with Crippen LogP contribution in [0.5, 0.6) is 0 Å². The minimum Gasteiger partial charge on any atom is -0.438 e. The lowest BCUT2D eigenvalue weighted by Crippen LogP contribution is -1.94. The zero-order valence-electron chi connectivity index (χ0n) is 9.40. The van der Waals surface area contributed by atoms with Gasteiger partial charge in [-0.2, -0.15) is 0 Å². The number of oxazole rings is 1. The second kappa shape index (κ2) is 4.99. The van der Waals surface area contributed by atoms with Crippen LogP contribution in [0.3, 0.4) is 0 Å². The topological polar surface area (TPSA) is 61.3 Å². The Balaban J connectivity index is 2.02. The SMILES string of the molecule is CCCCOCc1nc2cc(N)ccc2o1. The molecule has 2 aromatic rings. The van der Waals surface area contributed by atoms with Crippen molar-refractivity contribution in [2.45, 2.75) is 26.4 Å². The van der Waals surface area contributed by atoms with Crippen molar-refractivity contribution in [3.05, 3.63) is 24.1 Å². The molecule has 86 valence electrons. The molecule has 1 heterocycles. The molecule has 4 nitrogen and oxygen atoms in total. The normalized spacial score (nSPS) is 11.1. The molecule has 0 bridgehead atoms. The molecule has 1 aromatic heterocycles. The van der Waals surface area contributed by atoms with E-state index in [4.69, 9.17) is 14.9 Å². The maximum absolute atomic E-state index is 5.66. The van der Waals surface area contributed by atoms with Crippen LogP contribution in [0.15, 0.2) is 22.6 Å². The highest BCUT2D eigenvalue weighted by atomic mass is 16.5. The summed E-state index contributed by atoms with van der Waals surface area (Å²) in [5.74, 6) is 0.608. The number of hydrogen-bond acceptors (Lipinski definition) is 4. The Kier molecular flexibility index (Phi) is 3.41. The number of nitrogens with zero attached hydrogens (tertiary/aromatic N) is 1. The number of hydrogen-bond donors (Lipinski definition) is 1. The van der Waals surface area contributed by atoms with Crippen LogP contribution in [0.25, 0.3) is 11.1 Å². The summed E-state index contributed by atoms with van der Waals surface area (Å²) < 4.78 is 10.9. The molecular formula is C12H16N2O2. The summed E-state index contributed by atoms with van der Waals surface area (Å²) in [5, 5.41) is 0. The third-order valence-electron chi connectivity index (χ3n) is 2.32. The largest absolute Gasteiger partial charge is 0.438 e. The zero-order chi connectivity index (χ0) is 11.4. The highest BCUT2D eigenvalue weighted by Crippen LogP contribution is 2.18. The Bertz CT molecular complexity index is 465. The van der Waals surface area contributed by atoms with Crippen molar-refractivity contribution in [1.29, 1.82) is 0 Å². The van der Waals surface area contributed by atoms with Crippen LogP contribution in [-0.2, 0) is 11.3 Å². The molecule has 4 heteroatoms. The summed E-state index contributed by atoms with van der Waals surface area (Å²) in [6.45, 7) is 3.30. The molecule has 0 unspecified atom stereocenters. The number of anilines is 1. The van der Waals surface area contributed by atoms with Crippen LogP contribution < -0.4 is 5.73 Å². The Morgan fingerprint density at radius 3 is 3.12 bits per heavy atom. The first-order chi connectivity index (χ1) is 7.79. The van der Waals surface area contributed by atoms with Gasteiger partial charge >= 0.3 is 0 Å². The Morgan fingerprint density at radius 2 is 2.31 bits per heavy atom. The van der Waals surface area contributed by atoms with Gasteiger partial charge in [0.1, 0.15) is 12.1 Å². The van der Waals surface area contributed by atoms with Crippen molar-refractivity contribution in [3.8, 4) is 0 Å². The summed E-state index contributed by atoms with van der Waals surface area (Å²) in [7, 11) is 0. The molecule has 2 N–H and O–H groups in total. The van der Waals surface area contributed by atoms with Gasteiger partial charge in [-0.3, -0.25) is 0 Å². The zero-order valence-corrected chi connectivity index (χ0v) is 9.40. The van der Waals surface area contributed by atoms with Gasteiger partial charge in [-0.05, 0) is 24.6 Å². The van der Waals surface area contributed by atoms with Crippen molar-refractivity contribution in [1.82, 2.24) is 4.98 Å². The van der Waals surface area contributed by atoms with Crippen LogP contribution in [0.2, 0.25) is 0 Å². The molecule has 0 saturated carbocycles. The predicted octanol–water partition coefficient (Wildman–Crippen LogP) is 2.73. The maximum atomic E-state index is 5.66. The number of nitrogen functional groups attached to an aromatic ring is 1. The van der Waals surface area contributed by atoms with Crippen LogP contribution in [0.4, 0.5) is 5.69 Å². The fraction of sp³-hybridized carbons (Fsp3) is 0.417. The second-order valence-electron chi connectivity index (χ2n) is 3.74. The van der Waals surface area contributed by atoms with E-state index in [1.54, 1.807) is 12.1 Å². The van der Waals surface area contributed by atoms with Crippen LogP contribution in [0.1, 0.15) is 25.7 Å². The van der Waals surface area contributed by atoms with E-state index in [0.29, 0.717) is 18.2 Å². The van der Waals surface area contributed by atoms with Gasteiger partial charge in [0.25, 0.3) is 0 Å². The summed E-state index contributed by atoms with van der Waals surface area (Å²) >= 11 is 0. The molecule has 16 heavy (non-hydrogen) atoms. The number of nitrogens with two attached hydrogens (primary N) is 1. The quantitative estimate of drug-likeness (QED) is 0.621. The first kappa shape index (κ1) is 11.0. The van der Waals surface area contributed by atoms with Crippen LogP contribution in [-0.4, -0.2) is 11.6 Å². The fourth-order valence-corrected chi connectivity index (χ4v) is 1.46. The van der Waals surface area contributed by atoms with Crippen molar-refractivity contribution in [3.63, 3.8) is 0 Å². The van der Waals surface area contributed by atoms with E-state index < -0.39 is 0 Å². The lowest BCUT2D eigenvalue weighted by atomic mass is 10.3. The van der Waals surface area contributed by atoms with Crippen molar-refractivity contribution in [2.24, 2.45) is 0 Å². The third-order valence-corrected chi connectivity index (χ3v) is 2.32. The summed E-state index contributed by atoms with van der Waals surface area (Å²) in [4.78, 5) is 4.30. The average molecular weight is 220 g/mol. The number of rotatable bonds is 5. The monoisotopic (exact) mass is 220 g/mol. The number of benzene rings is 1.